The molecule has 2 aromatic heterocycles. The number of para-hydroxylation sites is 1. The van der Waals surface area contributed by atoms with Crippen LogP contribution in [0.3, 0.4) is 0 Å². The van der Waals surface area contributed by atoms with Crippen molar-refractivity contribution in [2.45, 2.75) is 6.61 Å². The Hall–Kier alpha value is -2.27. The highest BCUT2D eigenvalue weighted by atomic mass is 16.5. The van der Waals surface area contributed by atoms with Crippen LogP contribution in [0.5, 0.6) is 0 Å². The minimum absolute atomic E-state index is 0.449. The summed E-state index contributed by atoms with van der Waals surface area (Å²) in [5.41, 5.74) is 1.89. The van der Waals surface area contributed by atoms with Gasteiger partial charge in [0.15, 0.2) is 11.6 Å². The smallest absolute Gasteiger partial charge is 0.183 e. The van der Waals surface area contributed by atoms with E-state index >= 15 is 0 Å². The molecule has 2 heterocycles. The fourth-order valence-corrected chi connectivity index (χ4v) is 1.99. The first-order valence-electron chi connectivity index (χ1n) is 6.02. The lowest BCUT2D eigenvalue weighted by atomic mass is 10.1. The maximum atomic E-state index is 5.09. The molecule has 5 nitrogen and oxygen atoms in total. The van der Waals surface area contributed by atoms with Gasteiger partial charge in [0.2, 0.25) is 0 Å². The number of ether oxygens (including phenoxy) is 1. The maximum Gasteiger partial charge on any atom is 0.183 e. The summed E-state index contributed by atoms with van der Waals surface area (Å²) < 4.78 is 6.82. The Bertz CT molecular complexity index is 720. The molecule has 0 saturated carbocycles. The van der Waals surface area contributed by atoms with Gasteiger partial charge in [-0.15, -0.1) is 0 Å². The van der Waals surface area contributed by atoms with Gasteiger partial charge in [-0.3, -0.25) is 9.67 Å². The molecule has 5 heteroatoms. The third-order valence-corrected chi connectivity index (χ3v) is 2.98. The van der Waals surface area contributed by atoms with Gasteiger partial charge in [0.1, 0.15) is 6.61 Å². The minimum Gasteiger partial charge on any atom is -0.377 e. The van der Waals surface area contributed by atoms with E-state index in [9.17, 15) is 0 Å². The van der Waals surface area contributed by atoms with Crippen LogP contribution in [0.25, 0.3) is 22.3 Å². The van der Waals surface area contributed by atoms with Crippen LogP contribution in [0.2, 0.25) is 0 Å². The first-order chi connectivity index (χ1) is 9.28. The molecular weight excluding hydrogens is 240 g/mol. The predicted octanol–water partition coefficient (Wildman–Crippen LogP) is 2.18. The molecular formula is C14H14N4O. The van der Waals surface area contributed by atoms with Crippen molar-refractivity contribution in [3.63, 3.8) is 0 Å². The number of nitrogens with zero attached hydrogens (tertiary/aromatic N) is 4. The van der Waals surface area contributed by atoms with Crippen LogP contribution in [0.4, 0.5) is 0 Å². The van der Waals surface area contributed by atoms with E-state index in [1.165, 1.54) is 0 Å². The Kier molecular flexibility index (Phi) is 2.97. The number of pyridine rings is 1. The van der Waals surface area contributed by atoms with Crippen LogP contribution in [-0.2, 0) is 18.4 Å². The Balaban J connectivity index is 2.06. The van der Waals surface area contributed by atoms with E-state index in [2.05, 4.69) is 15.1 Å². The highest BCUT2D eigenvalue weighted by molar-refractivity contribution is 5.82. The molecule has 1 aromatic carbocycles. The second-order valence-corrected chi connectivity index (χ2v) is 4.32. The highest BCUT2D eigenvalue weighted by Crippen LogP contribution is 2.20. The van der Waals surface area contributed by atoms with E-state index in [0.717, 1.165) is 22.3 Å². The normalized spacial score (nSPS) is 11.1. The maximum absolute atomic E-state index is 5.09. The molecule has 0 spiro atoms. The quantitative estimate of drug-likeness (QED) is 0.719. The van der Waals surface area contributed by atoms with E-state index < -0.39 is 0 Å². The second-order valence-electron chi connectivity index (χ2n) is 4.32. The summed E-state index contributed by atoms with van der Waals surface area (Å²) in [6, 6.07) is 10.0. The average Bonchev–Trinajstić information content (AvgIpc) is 2.80. The van der Waals surface area contributed by atoms with Gasteiger partial charge in [0, 0.05) is 31.3 Å². The zero-order valence-corrected chi connectivity index (χ0v) is 10.9. The molecule has 3 rings (SSSR count). The number of methoxy groups -OCH3 is 1. The summed E-state index contributed by atoms with van der Waals surface area (Å²) in [7, 11) is 3.51. The van der Waals surface area contributed by atoms with Crippen LogP contribution in [-0.4, -0.2) is 26.9 Å². The first-order valence-corrected chi connectivity index (χ1v) is 6.02. The van der Waals surface area contributed by atoms with Crippen molar-refractivity contribution in [3.8, 4) is 11.4 Å². The summed E-state index contributed by atoms with van der Waals surface area (Å²) in [5.74, 6) is 1.47. The van der Waals surface area contributed by atoms with Crippen LogP contribution in [0.15, 0.2) is 36.5 Å². The molecule has 0 radical (unpaired) electrons. The largest absolute Gasteiger partial charge is 0.377 e. The van der Waals surface area contributed by atoms with E-state index in [1.807, 2.05) is 37.4 Å². The molecule has 0 aliphatic carbocycles. The average molecular weight is 254 g/mol. The van der Waals surface area contributed by atoms with Crippen molar-refractivity contribution in [1.29, 1.82) is 0 Å². The van der Waals surface area contributed by atoms with Gasteiger partial charge in [-0.05, 0) is 12.1 Å². The number of hydrogen-bond donors (Lipinski definition) is 0. The SMILES string of the molecule is COCc1nc(-c2cnc3ccccc3c2)nn1C. The lowest BCUT2D eigenvalue weighted by Gasteiger charge is -1.98. The molecule has 0 unspecified atom stereocenters. The van der Waals surface area contributed by atoms with Crippen LogP contribution < -0.4 is 0 Å². The van der Waals surface area contributed by atoms with Gasteiger partial charge < -0.3 is 4.74 Å². The molecule has 0 saturated heterocycles. The van der Waals surface area contributed by atoms with Gasteiger partial charge in [0.05, 0.1) is 5.52 Å². The van der Waals surface area contributed by atoms with Crippen molar-refractivity contribution in [2.24, 2.45) is 7.05 Å². The zero-order valence-electron chi connectivity index (χ0n) is 10.9. The summed E-state index contributed by atoms with van der Waals surface area (Å²) in [5, 5.41) is 5.48. The summed E-state index contributed by atoms with van der Waals surface area (Å²) in [4.78, 5) is 8.89. The standard InChI is InChI=1S/C14H14N4O/c1-18-13(9-19-2)16-14(17-18)11-7-10-5-3-4-6-12(10)15-8-11/h3-8H,9H2,1-2H3. The Morgan fingerprint density at radius 2 is 2.11 bits per heavy atom. The van der Waals surface area contributed by atoms with Crippen LogP contribution in [0.1, 0.15) is 5.82 Å². The molecule has 19 heavy (non-hydrogen) atoms. The highest BCUT2D eigenvalue weighted by Gasteiger charge is 2.09. The van der Waals surface area contributed by atoms with Crippen molar-refractivity contribution < 1.29 is 4.74 Å². The number of aromatic nitrogens is 4. The van der Waals surface area contributed by atoms with E-state index in [1.54, 1.807) is 18.0 Å². The van der Waals surface area contributed by atoms with Gasteiger partial charge in [-0.2, -0.15) is 5.10 Å². The molecule has 3 aromatic rings. The summed E-state index contributed by atoms with van der Waals surface area (Å²) in [6.07, 6.45) is 1.80. The summed E-state index contributed by atoms with van der Waals surface area (Å²) in [6.45, 7) is 0.449. The molecule has 0 atom stereocenters. The van der Waals surface area contributed by atoms with E-state index in [4.69, 9.17) is 4.74 Å². The summed E-state index contributed by atoms with van der Waals surface area (Å²) >= 11 is 0. The molecule has 96 valence electrons. The molecule has 0 amide bonds. The zero-order chi connectivity index (χ0) is 13.2. The Labute approximate surface area is 110 Å². The third kappa shape index (κ3) is 2.20. The van der Waals surface area contributed by atoms with Crippen molar-refractivity contribution in [2.75, 3.05) is 7.11 Å². The number of aryl methyl sites for hydroxylation is 1. The number of hydrogen-bond acceptors (Lipinski definition) is 4. The van der Waals surface area contributed by atoms with Crippen LogP contribution in [0, 0.1) is 0 Å². The number of rotatable bonds is 3. The van der Waals surface area contributed by atoms with E-state index in [-0.39, 0.29) is 0 Å². The fourth-order valence-electron chi connectivity index (χ4n) is 1.99. The minimum atomic E-state index is 0.449. The lowest BCUT2D eigenvalue weighted by molar-refractivity contribution is 0.174. The molecule has 0 N–H and O–H groups in total. The van der Waals surface area contributed by atoms with Crippen molar-refractivity contribution in [1.82, 2.24) is 19.7 Å². The Morgan fingerprint density at radius 3 is 2.95 bits per heavy atom. The van der Waals surface area contributed by atoms with Crippen molar-refractivity contribution in [3.05, 3.63) is 42.4 Å². The number of fused-ring (bicyclic) bond motifs is 1. The molecule has 0 fully saturated rings. The van der Waals surface area contributed by atoms with Crippen molar-refractivity contribution >= 4 is 10.9 Å². The Morgan fingerprint density at radius 1 is 1.26 bits per heavy atom. The van der Waals surface area contributed by atoms with Gasteiger partial charge in [-0.1, -0.05) is 18.2 Å². The van der Waals surface area contributed by atoms with Gasteiger partial charge in [0.25, 0.3) is 0 Å². The fraction of sp³-hybridized carbons (Fsp3) is 0.214. The third-order valence-electron chi connectivity index (χ3n) is 2.98. The topological polar surface area (TPSA) is 52.8 Å². The second kappa shape index (κ2) is 4.78. The van der Waals surface area contributed by atoms with Gasteiger partial charge >= 0.3 is 0 Å². The monoisotopic (exact) mass is 254 g/mol. The van der Waals surface area contributed by atoms with E-state index in [0.29, 0.717) is 12.4 Å². The molecule has 0 bridgehead atoms. The number of benzene rings is 1. The lowest BCUT2D eigenvalue weighted by Crippen LogP contribution is -2.00. The van der Waals surface area contributed by atoms with Gasteiger partial charge in [-0.25, -0.2) is 4.98 Å². The van der Waals surface area contributed by atoms with Crippen LogP contribution >= 0.6 is 0 Å². The molecule has 0 aliphatic heterocycles. The first kappa shape index (κ1) is 11.8. The predicted molar refractivity (Wildman–Crippen MR) is 72.5 cm³/mol. The molecule has 0 aliphatic rings.